The lowest BCUT2D eigenvalue weighted by Gasteiger charge is -2.39. The Morgan fingerprint density at radius 1 is 0.903 bits per heavy atom. The van der Waals surface area contributed by atoms with E-state index in [-0.39, 0.29) is 29.3 Å². The quantitative estimate of drug-likeness (QED) is 0.134. The average Bonchev–Trinajstić information content (AvgIpc) is 3.91. The number of piperidine rings is 1. The molecule has 62 heavy (non-hydrogen) atoms. The van der Waals surface area contributed by atoms with E-state index in [2.05, 4.69) is 87.9 Å². The molecule has 3 N–H and O–H groups in total. The number of imide groups is 1. The number of aromatic nitrogens is 5. The van der Waals surface area contributed by atoms with Crippen LogP contribution < -0.4 is 20.4 Å². The first kappa shape index (κ1) is 41.2. The lowest BCUT2D eigenvalue weighted by atomic mass is 9.95. The number of fused-ring (bicyclic) bond motifs is 3. The number of hydrogen-bond donors (Lipinski definition) is 3. The van der Waals surface area contributed by atoms with Gasteiger partial charge in [-0.2, -0.15) is 4.98 Å². The fourth-order valence-corrected chi connectivity index (χ4v) is 9.14. The average molecular weight is 838 g/mol. The van der Waals surface area contributed by atoms with Crippen LogP contribution in [0.4, 0.5) is 16.2 Å². The van der Waals surface area contributed by atoms with Gasteiger partial charge in [-0.15, -0.1) is 0 Å². The monoisotopic (exact) mass is 837 g/mol. The number of anilines is 2. The summed E-state index contributed by atoms with van der Waals surface area (Å²) >= 11 is 0. The van der Waals surface area contributed by atoms with E-state index in [4.69, 9.17) is 9.51 Å². The third-order valence-electron chi connectivity index (χ3n) is 12.7. The third kappa shape index (κ3) is 8.64. The number of carbonyl (C=O) groups is 3. The molecule has 0 bridgehead atoms. The van der Waals surface area contributed by atoms with Crippen molar-refractivity contribution in [1.82, 2.24) is 45.5 Å². The van der Waals surface area contributed by atoms with Crippen molar-refractivity contribution in [2.24, 2.45) is 5.92 Å². The van der Waals surface area contributed by atoms with Crippen molar-refractivity contribution in [1.29, 1.82) is 0 Å². The number of urea groups is 1. The van der Waals surface area contributed by atoms with E-state index >= 15 is 0 Å². The normalized spacial score (nSPS) is 17.8. The minimum Gasteiger partial charge on any atom is -0.372 e. The zero-order valence-corrected chi connectivity index (χ0v) is 36.2. The molecule has 3 aromatic carbocycles. The van der Waals surface area contributed by atoms with Gasteiger partial charge >= 0.3 is 17.8 Å². The van der Waals surface area contributed by atoms with Crippen LogP contribution in [0.25, 0.3) is 33.2 Å². The largest absolute Gasteiger partial charge is 0.372 e. The number of benzene rings is 3. The van der Waals surface area contributed by atoms with Crippen LogP contribution in [0.2, 0.25) is 0 Å². The Balaban J connectivity index is 0.777. The van der Waals surface area contributed by atoms with Gasteiger partial charge in [0.25, 0.3) is 0 Å². The fourth-order valence-electron chi connectivity index (χ4n) is 9.14. The van der Waals surface area contributed by atoms with Crippen LogP contribution in [-0.2, 0) is 16.8 Å². The predicted octanol–water partition coefficient (Wildman–Crippen LogP) is 6.74. The highest BCUT2D eigenvalue weighted by Crippen LogP contribution is 2.35. The summed E-state index contributed by atoms with van der Waals surface area (Å²) in [6.07, 6.45) is 4.27. The van der Waals surface area contributed by atoms with Crippen LogP contribution in [0.5, 0.6) is 0 Å². The van der Waals surface area contributed by atoms with Crippen molar-refractivity contribution in [3.8, 4) is 11.3 Å². The maximum atomic E-state index is 13.0. The summed E-state index contributed by atoms with van der Waals surface area (Å²) in [7, 11) is 0. The number of nitrogens with zero attached hydrogens (tertiary/aromatic N) is 8. The molecular formula is C47H55N11O4. The minimum atomic E-state index is -0.403. The van der Waals surface area contributed by atoms with Crippen molar-refractivity contribution in [2.75, 3.05) is 62.2 Å². The van der Waals surface area contributed by atoms with Gasteiger partial charge < -0.3 is 24.6 Å². The van der Waals surface area contributed by atoms with E-state index in [0.29, 0.717) is 24.7 Å². The van der Waals surface area contributed by atoms with Gasteiger partial charge in [-0.1, -0.05) is 50.2 Å². The first-order valence-corrected chi connectivity index (χ1v) is 21.8. The molecule has 0 radical (unpaired) electrons. The molecule has 15 nitrogen and oxygen atoms in total. The number of nitrogens with one attached hydrogen (secondary N) is 3. The van der Waals surface area contributed by atoms with Crippen LogP contribution in [0.3, 0.4) is 0 Å². The molecule has 0 spiro atoms. The van der Waals surface area contributed by atoms with E-state index < -0.39 is 5.91 Å². The van der Waals surface area contributed by atoms with Gasteiger partial charge in [0.05, 0.1) is 17.1 Å². The predicted molar refractivity (Wildman–Crippen MR) is 239 cm³/mol. The Hall–Kier alpha value is -6.19. The molecule has 0 saturated carbocycles. The van der Waals surface area contributed by atoms with E-state index in [1.54, 1.807) is 11.2 Å². The molecule has 6 aromatic rings. The van der Waals surface area contributed by atoms with Gasteiger partial charge in [0.2, 0.25) is 5.91 Å². The molecule has 4 amide bonds. The van der Waals surface area contributed by atoms with E-state index in [9.17, 15) is 14.4 Å². The number of amides is 4. The van der Waals surface area contributed by atoms with E-state index in [0.717, 1.165) is 102 Å². The van der Waals surface area contributed by atoms with Crippen LogP contribution >= 0.6 is 0 Å². The van der Waals surface area contributed by atoms with E-state index in [1.807, 2.05) is 52.8 Å². The smallest absolute Gasteiger partial charge is 0.328 e. The topological polar surface area (TPSA) is 169 Å². The standard InChI is InChI=1S/C47H55N11O4/c1-29-24-33(7-13-36(29)30(2)50-43(60)44-53-45(54-62-44)47(3,4)5)41-40-37-12-6-32(25-38(37)51-42(40)49-28-48-41)27-56-22-20-55(21-23-56)26-31-14-17-57(18-15-31)34-8-10-35(11-9-34)58-19-16-39(59)52-46(58)61/h6-13,24-25,28,30-31H,14-23,26-27H2,1-5H3,(H,50,60)(H,48,49,51)(H,52,59,61)/t30-/m1/s1. The van der Waals surface area contributed by atoms with Gasteiger partial charge in [-0.3, -0.25) is 24.7 Å². The number of H-pyrrole nitrogens is 1. The molecular weight excluding hydrogens is 783 g/mol. The molecule has 3 aliphatic rings. The van der Waals surface area contributed by atoms with Gasteiger partial charge in [0.15, 0.2) is 5.82 Å². The lowest BCUT2D eigenvalue weighted by molar-refractivity contribution is -0.120. The maximum Gasteiger partial charge on any atom is 0.328 e. The summed E-state index contributed by atoms with van der Waals surface area (Å²) in [6, 6.07) is 20.4. The second-order valence-corrected chi connectivity index (χ2v) is 18.2. The Kier molecular flexibility index (Phi) is 11.2. The second kappa shape index (κ2) is 16.9. The number of rotatable bonds is 10. The molecule has 3 fully saturated rings. The molecule has 0 unspecified atom stereocenters. The van der Waals surface area contributed by atoms with Crippen LogP contribution in [0.1, 0.15) is 86.2 Å². The first-order chi connectivity index (χ1) is 29.9. The molecule has 0 aliphatic carbocycles. The molecule has 15 heteroatoms. The first-order valence-electron chi connectivity index (χ1n) is 21.8. The third-order valence-corrected chi connectivity index (χ3v) is 12.7. The Morgan fingerprint density at radius 2 is 1.65 bits per heavy atom. The summed E-state index contributed by atoms with van der Waals surface area (Å²) < 4.78 is 5.26. The van der Waals surface area contributed by atoms with Gasteiger partial charge in [0.1, 0.15) is 12.0 Å². The van der Waals surface area contributed by atoms with Crippen LogP contribution in [-0.4, -0.2) is 105 Å². The van der Waals surface area contributed by atoms with E-state index in [1.165, 1.54) is 24.1 Å². The highest BCUT2D eigenvalue weighted by atomic mass is 16.5. The zero-order valence-electron chi connectivity index (χ0n) is 36.2. The maximum absolute atomic E-state index is 13.0. The molecule has 3 aliphatic heterocycles. The molecule has 1 atom stereocenters. The summed E-state index contributed by atoms with van der Waals surface area (Å²) in [4.78, 5) is 63.3. The minimum absolute atomic E-state index is 0.0425. The van der Waals surface area contributed by atoms with Gasteiger partial charge in [0, 0.05) is 98.6 Å². The van der Waals surface area contributed by atoms with Crippen molar-refractivity contribution >= 4 is 51.2 Å². The number of hydrogen-bond acceptors (Lipinski definition) is 11. The Morgan fingerprint density at radius 3 is 2.35 bits per heavy atom. The summed E-state index contributed by atoms with van der Waals surface area (Å²) in [5.74, 6) is 0.517. The number of piperazine rings is 1. The molecule has 6 heterocycles. The molecule has 322 valence electrons. The molecule has 9 rings (SSSR count). The summed E-state index contributed by atoms with van der Waals surface area (Å²) in [5, 5.41) is 11.5. The highest BCUT2D eigenvalue weighted by molar-refractivity contribution is 6.12. The van der Waals surface area contributed by atoms with Crippen LogP contribution in [0, 0.1) is 12.8 Å². The zero-order chi connectivity index (χ0) is 43.1. The SMILES string of the molecule is Cc1cc(-c2ncnc3[nH]c4cc(CN5CCN(CC6CCN(c7ccc(N8CCC(=O)NC8=O)cc7)CC6)CC5)ccc4c23)ccc1[C@@H](C)NC(=O)c1nc(C(C)(C)C)no1. The van der Waals surface area contributed by atoms with Crippen LogP contribution in [0.15, 0.2) is 71.5 Å². The van der Waals surface area contributed by atoms with Crippen molar-refractivity contribution in [3.05, 3.63) is 95.4 Å². The fraction of sp³-hybridized carbons (Fsp3) is 0.426. The van der Waals surface area contributed by atoms with Crippen molar-refractivity contribution < 1.29 is 18.9 Å². The number of carbonyl (C=O) groups excluding carboxylic acids is 3. The highest BCUT2D eigenvalue weighted by Gasteiger charge is 2.28. The van der Waals surface area contributed by atoms with Crippen molar-refractivity contribution in [2.45, 2.75) is 71.9 Å². The number of aromatic amines is 1. The lowest BCUT2D eigenvalue weighted by Crippen LogP contribution is -2.49. The Labute approximate surface area is 361 Å². The van der Waals surface area contributed by atoms with Gasteiger partial charge in [-0.05, 0) is 85.7 Å². The Bertz CT molecular complexity index is 2610. The number of aryl methyl sites for hydroxylation is 1. The summed E-state index contributed by atoms with van der Waals surface area (Å²) in [5.41, 5.74) is 8.67. The molecule has 3 saturated heterocycles. The van der Waals surface area contributed by atoms with Crippen molar-refractivity contribution in [3.63, 3.8) is 0 Å². The second-order valence-electron chi connectivity index (χ2n) is 18.2. The summed E-state index contributed by atoms with van der Waals surface area (Å²) in [6.45, 7) is 18.7. The van der Waals surface area contributed by atoms with Gasteiger partial charge in [-0.25, -0.2) is 14.8 Å². The molecule has 3 aromatic heterocycles.